The summed E-state index contributed by atoms with van der Waals surface area (Å²) >= 11 is 9.74. The van der Waals surface area contributed by atoms with Gasteiger partial charge in [-0.2, -0.15) is 5.26 Å². The van der Waals surface area contributed by atoms with Gasteiger partial charge in [-0.1, -0.05) is 11.6 Å². The zero-order valence-electron chi connectivity index (χ0n) is 10.4. The summed E-state index contributed by atoms with van der Waals surface area (Å²) in [5.74, 6) is 1.45. The van der Waals surface area contributed by atoms with E-state index in [-0.39, 0.29) is 0 Å². The standard InChI is InChI=1S/C13H10BrClN4O/c14-8-6-9-10-12(11(8)15)17-7-18-13(10)19(3-1-2-16)4-5-20-9/h4-6,17H,1,3,7H2. The van der Waals surface area contributed by atoms with Crippen LogP contribution in [-0.4, -0.2) is 23.9 Å². The lowest BCUT2D eigenvalue weighted by atomic mass is 10.1. The van der Waals surface area contributed by atoms with E-state index in [1.54, 1.807) is 12.5 Å². The summed E-state index contributed by atoms with van der Waals surface area (Å²) in [6, 6.07) is 3.96. The molecule has 0 amide bonds. The number of nitriles is 1. The third kappa shape index (κ3) is 2.13. The van der Waals surface area contributed by atoms with Gasteiger partial charge >= 0.3 is 0 Å². The largest absolute Gasteiger partial charge is 0.463 e. The molecule has 1 aromatic rings. The van der Waals surface area contributed by atoms with Gasteiger partial charge in [-0.05, 0) is 22.0 Å². The van der Waals surface area contributed by atoms with Crippen LogP contribution in [0, 0.1) is 11.3 Å². The van der Waals surface area contributed by atoms with Gasteiger partial charge in [-0.25, -0.2) is 4.99 Å². The fourth-order valence-corrected chi connectivity index (χ4v) is 2.81. The lowest BCUT2D eigenvalue weighted by Gasteiger charge is -2.26. The van der Waals surface area contributed by atoms with Gasteiger partial charge in [0, 0.05) is 17.2 Å². The number of hydrogen-bond acceptors (Lipinski definition) is 5. The van der Waals surface area contributed by atoms with Gasteiger partial charge < -0.3 is 15.0 Å². The van der Waals surface area contributed by atoms with Gasteiger partial charge in [0.2, 0.25) is 0 Å². The van der Waals surface area contributed by atoms with Crippen molar-refractivity contribution in [2.75, 3.05) is 18.5 Å². The molecule has 5 nitrogen and oxygen atoms in total. The van der Waals surface area contributed by atoms with Gasteiger partial charge in [0.05, 0.1) is 28.8 Å². The molecule has 0 atom stereocenters. The number of halogens is 2. The van der Waals surface area contributed by atoms with E-state index in [1.807, 2.05) is 11.0 Å². The lowest BCUT2D eigenvalue weighted by Crippen LogP contribution is -2.31. The first-order chi connectivity index (χ1) is 9.72. The van der Waals surface area contributed by atoms with E-state index in [1.165, 1.54) is 0 Å². The number of nitrogens with zero attached hydrogens (tertiary/aromatic N) is 3. The minimum Gasteiger partial charge on any atom is -0.463 e. The summed E-state index contributed by atoms with van der Waals surface area (Å²) in [7, 11) is 0. The predicted molar refractivity (Wildman–Crippen MR) is 80.9 cm³/mol. The summed E-state index contributed by atoms with van der Waals surface area (Å²) in [6.45, 7) is 0.997. The monoisotopic (exact) mass is 352 g/mol. The first-order valence-corrected chi connectivity index (χ1v) is 7.17. The van der Waals surface area contributed by atoms with Crippen LogP contribution in [0.3, 0.4) is 0 Å². The molecule has 3 rings (SSSR count). The van der Waals surface area contributed by atoms with Crippen LogP contribution in [0.5, 0.6) is 5.75 Å². The number of benzene rings is 1. The number of nitrogens with one attached hydrogen (secondary N) is 1. The maximum absolute atomic E-state index is 8.76. The Morgan fingerprint density at radius 3 is 3.25 bits per heavy atom. The smallest absolute Gasteiger partial charge is 0.142 e. The Labute approximate surface area is 129 Å². The molecule has 2 heterocycles. The van der Waals surface area contributed by atoms with Crippen LogP contribution >= 0.6 is 27.5 Å². The zero-order chi connectivity index (χ0) is 14.1. The molecule has 7 heteroatoms. The SMILES string of the molecule is N#CCCN1C=COc2cc(Br)c(Cl)c3c2C1=NCN3. The number of rotatable bonds is 2. The Morgan fingerprint density at radius 2 is 2.45 bits per heavy atom. The van der Waals surface area contributed by atoms with Crippen molar-refractivity contribution < 1.29 is 4.74 Å². The van der Waals surface area contributed by atoms with Crippen molar-refractivity contribution in [1.82, 2.24) is 4.90 Å². The van der Waals surface area contributed by atoms with Crippen LogP contribution in [0.4, 0.5) is 5.69 Å². The Balaban J connectivity index is 2.13. The van der Waals surface area contributed by atoms with E-state index in [9.17, 15) is 0 Å². The highest BCUT2D eigenvalue weighted by Gasteiger charge is 2.28. The minimum atomic E-state index is 0.408. The van der Waals surface area contributed by atoms with Gasteiger partial charge in [0.1, 0.15) is 24.5 Å². The van der Waals surface area contributed by atoms with Crippen molar-refractivity contribution in [3.8, 4) is 11.8 Å². The molecular weight excluding hydrogens is 344 g/mol. The normalized spacial score (nSPS) is 15.4. The Hall–Kier alpha value is -1.71. The van der Waals surface area contributed by atoms with E-state index in [0.717, 1.165) is 21.6 Å². The maximum Gasteiger partial charge on any atom is 0.142 e. The molecule has 0 aromatic heterocycles. The van der Waals surface area contributed by atoms with Gasteiger partial charge in [-0.15, -0.1) is 0 Å². The molecule has 1 N–H and O–H groups in total. The second-order valence-electron chi connectivity index (χ2n) is 4.24. The summed E-state index contributed by atoms with van der Waals surface area (Å²) < 4.78 is 6.39. The fourth-order valence-electron chi connectivity index (χ4n) is 2.19. The van der Waals surface area contributed by atoms with Gasteiger partial charge in [0.25, 0.3) is 0 Å². The average molecular weight is 354 g/mol. The highest BCUT2D eigenvalue weighted by molar-refractivity contribution is 9.10. The van der Waals surface area contributed by atoms with Gasteiger partial charge in [-0.3, -0.25) is 0 Å². The van der Waals surface area contributed by atoms with Crippen molar-refractivity contribution in [3.05, 3.63) is 33.6 Å². The van der Waals surface area contributed by atoms with Crippen LogP contribution < -0.4 is 10.1 Å². The van der Waals surface area contributed by atoms with Crippen LogP contribution in [-0.2, 0) is 0 Å². The van der Waals surface area contributed by atoms with Crippen LogP contribution in [0.2, 0.25) is 5.02 Å². The molecule has 0 spiro atoms. The van der Waals surface area contributed by atoms with Crippen molar-refractivity contribution in [2.24, 2.45) is 4.99 Å². The molecule has 0 radical (unpaired) electrons. The molecule has 0 bridgehead atoms. The molecule has 2 aliphatic heterocycles. The number of ether oxygens (including phenoxy) is 1. The van der Waals surface area contributed by atoms with Crippen molar-refractivity contribution in [3.63, 3.8) is 0 Å². The highest BCUT2D eigenvalue weighted by atomic mass is 79.9. The topological polar surface area (TPSA) is 60.7 Å². The third-order valence-electron chi connectivity index (χ3n) is 3.06. The summed E-state index contributed by atoms with van der Waals surface area (Å²) in [6.07, 6.45) is 3.78. The van der Waals surface area contributed by atoms with Gasteiger partial charge in [0.15, 0.2) is 0 Å². The van der Waals surface area contributed by atoms with E-state index in [2.05, 4.69) is 32.3 Å². The molecular formula is C13H10BrClN4O. The van der Waals surface area contributed by atoms with Crippen LogP contribution in [0.1, 0.15) is 12.0 Å². The van der Waals surface area contributed by atoms with Crippen LogP contribution in [0.15, 0.2) is 28.0 Å². The first kappa shape index (κ1) is 13.3. The molecule has 0 aliphatic carbocycles. The van der Waals surface area contributed by atoms with E-state index in [4.69, 9.17) is 21.6 Å². The zero-order valence-corrected chi connectivity index (χ0v) is 12.7. The first-order valence-electron chi connectivity index (χ1n) is 6.00. The van der Waals surface area contributed by atoms with E-state index < -0.39 is 0 Å². The number of hydrogen-bond donors (Lipinski definition) is 1. The molecule has 0 fully saturated rings. The molecule has 0 saturated heterocycles. The third-order valence-corrected chi connectivity index (χ3v) is 4.31. The lowest BCUT2D eigenvalue weighted by molar-refractivity contribution is 0.469. The number of amidine groups is 1. The maximum atomic E-state index is 8.76. The number of aliphatic imine (C=N–C) groups is 1. The Kier molecular flexibility index (Phi) is 3.55. The Morgan fingerprint density at radius 1 is 1.60 bits per heavy atom. The molecule has 102 valence electrons. The highest BCUT2D eigenvalue weighted by Crippen LogP contribution is 2.42. The quantitative estimate of drug-likeness (QED) is 0.886. The molecule has 0 saturated carbocycles. The summed E-state index contributed by atoms with van der Waals surface area (Å²) in [4.78, 5) is 6.39. The molecule has 2 aliphatic rings. The average Bonchev–Trinajstić information content (AvgIpc) is 2.63. The second-order valence-corrected chi connectivity index (χ2v) is 5.47. The Bertz CT molecular complexity index is 665. The molecule has 1 aromatic carbocycles. The minimum absolute atomic E-state index is 0.408. The summed E-state index contributed by atoms with van der Waals surface area (Å²) in [5, 5.41) is 12.5. The van der Waals surface area contributed by atoms with Crippen LogP contribution in [0.25, 0.3) is 0 Å². The number of anilines is 1. The van der Waals surface area contributed by atoms with Crippen molar-refractivity contribution in [1.29, 1.82) is 5.26 Å². The fraction of sp³-hybridized carbons (Fsp3) is 0.231. The second kappa shape index (κ2) is 5.35. The van der Waals surface area contributed by atoms with E-state index >= 15 is 0 Å². The van der Waals surface area contributed by atoms with Crippen molar-refractivity contribution in [2.45, 2.75) is 6.42 Å². The molecule has 20 heavy (non-hydrogen) atoms. The molecule has 0 unspecified atom stereocenters. The summed E-state index contributed by atoms with van der Waals surface area (Å²) in [5.41, 5.74) is 1.62. The van der Waals surface area contributed by atoms with E-state index in [0.29, 0.717) is 30.4 Å². The van der Waals surface area contributed by atoms with Crippen molar-refractivity contribution >= 4 is 39.1 Å². The predicted octanol–water partition coefficient (Wildman–Crippen LogP) is 3.31.